The zero-order valence-electron chi connectivity index (χ0n) is 7.41. The van der Waals surface area contributed by atoms with Gasteiger partial charge in [0.05, 0.1) is 5.69 Å². The maximum Gasteiger partial charge on any atom is 0.255 e. The number of rotatable bonds is 3. The van der Waals surface area contributed by atoms with Crippen molar-refractivity contribution in [1.29, 1.82) is 0 Å². The Hall–Kier alpha value is -1.71. The van der Waals surface area contributed by atoms with Crippen LogP contribution in [0.2, 0.25) is 0 Å². The van der Waals surface area contributed by atoms with E-state index in [-0.39, 0.29) is 6.61 Å². The van der Waals surface area contributed by atoms with E-state index in [1.54, 1.807) is 6.07 Å². The number of carbonyl (C=O) groups is 1. The summed E-state index contributed by atoms with van der Waals surface area (Å²) < 4.78 is 5.13. The van der Waals surface area contributed by atoms with Gasteiger partial charge in [0, 0.05) is 0 Å². The molecule has 0 bridgehead atoms. The van der Waals surface area contributed by atoms with Gasteiger partial charge in [0.1, 0.15) is 5.75 Å². The topological polar surface area (TPSA) is 78.3 Å². The van der Waals surface area contributed by atoms with Gasteiger partial charge in [-0.2, -0.15) is 0 Å². The number of amides is 1. The van der Waals surface area contributed by atoms with Gasteiger partial charge in [-0.3, -0.25) is 4.79 Å². The molecule has 0 aliphatic heterocycles. The van der Waals surface area contributed by atoms with E-state index in [2.05, 4.69) is 0 Å². The molecule has 1 amide bonds. The molecule has 0 saturated heterocycles. The van der Waals surface area contributed by atoms with Gasteiger partial charge in [0.2, 0.25) is 0 Å². The van der Waals surface area contributed by atoms with E-state index in [0.717, 1.165) is 5.56 Å². The number of aryl methyl sites for hydroxylation is 1. The van der Waals surface area contributed by atoms with Gasteiger partial charge < -0.3 is 16.2 Å². The molecular weight excluding hydrogens is 168 g/mol. The second kappa shape index (κ2) is 3.80. The normalized spacial score (nSPS) is 9.62. The predicted molar refractivity (Wildman–Crippen MR) is 50.3 cm³/mol. The summed E-state index contributed by atoms with van der Waals surface area (Å²) in [6.45, 7) is 1.71. The van der Waals surface area contributed by atoms with E-state index >= 15 is 0 Å². The standard InChI is InChI=1S/C9H12N2O2/c1-6-3-2-4-7(10)9(6)13-5-8(11)12/h2-4H,5,10H2,1H3,(H2,11,12). The van der Waals surface area contributed by atoms with Crippen LogP contribution in [0.5, 0.6) is 5.75 Å². The molecule has 1 aromatic rings. The molecule has 0 fully saturated rings. The van der Waals surface area contributed by atoms with E-state index < -0.39 is 5.91 Å². The molecule has 0 aromatic heterocycles. The Labute approximate surface area is 76.5 Å². The fourth-order valence-corrected chi connectivity index (χ4v) is 1.02. The van der Waals surface area contributed by atoms with E-state index in [1.165, 1.54) is 0 Å². The number of anilines is 1. The Morgan fingerprint density at radius 2 is 2.23 bits per heavy atom. The number of primary amides is 1. The van der Waals surface area contributed by atoms with E-state index in [1.807, 2.05) is 19.1 Å². The molecule has 1 aromatic carbocycles. The van der Waals surface area contributed by atoms with Crippen LogP contribution in [0.3, 0.4) is 0 Å². The lowest BCUT2D eigenvalue weighted by Crippen LogP contribution is -2.20. The van der Waals surface area contributed by atoms with Crippen LogP contribution >= 0.6 is 0 Å². The highest BCUT2D eigenvalue weighted by Crippen LogP contribution is 2.24. The van der Waals surface area contributed by atoms with E-state index in [9.17, 15) is 4.79 Å². The van der Waals surface area contributed by atoms with Crippen LogP contribution in [0.15, 0.2) is 18.2 Å². The summed E-state index contributed by atoms with van der Waals surface area (Å²) in [6, 6.07) is 5.39. The van der Waals surface area contributed by atoms with Crippen molar-refractivity contribution in [2.45, 2.75) is 6.92 Å². The number of nitrogens with two attached hydrogens (primary N) is 2. The summed E-state index contributed by atoms with van der Waals surface area (Å²) in [6.07, 6.45) is 0. The smallest absolute Gasteiger partial charge is 0.255 e. The number of hydrogen-bond acceptors (Lipinski definition) is 3. The lowest BCUT2D eigenvalue weighted by molar-refractivity contribution is -0.119. The van der Waals surface area contributed by atoms with Gasteiger partial charge in [-0.25, -0.2) is 0 Å². The Kier molecular flexibility index (Phi) is 2.74. The SMILES string of the molecule is Cc1cccc(N)c1OCC(N)=O. The number of nitrogen functional groups attached to an aromatic ring is 1. The first-order chi connectivity index (χ1) is 6.11. The number of carbonyl (C=O) groups excluding carboxylic acids is 1. The fourth-order valence-electron chi connectivity index (χ4n) is 1.02. The van der Waals surface area contributed by atoms with Gasteiger partial charge in [-0.05, 0) is 18.6 Å². The Morgan fingerprint density at radius 1 is 1.54 bits per heavy atom. The largest absolute Gasteiger partial charge is 0.481 e. The minimum Gasteiger partial charge on any atom is -0.481 e. The van der Waals surface area contributed by atoms with Crippen molar-refractivity contribution < 1.29 is 9.53 Å². The molecule has 4 heteroatoms. The molecule has 0 radical (unpaired) electrons. The monoisotopic (exact) mass is 180 g/mol. The molecule has 4 nitrogen and oxygen atoms in total. The van der Waals surface area contributed by atoms with Crippen LogP contribution in [-0.2, 0) is 4.79 Å². The molecule has 0 unspecified atom stereocenters. The van der Waals surface area contributed by atoms with Gasteiger partial charge in [-0.15, -0.1) is 0 Å². The molecule has 70 valence electrons. The number of benzene rings is 1. The maximum absolute atomic E-state index is 10.5. The molecule has 0 heterocycles. The Morgan fingerprint density at radius 3 is 2.77 bits per heavy atom. The average molecular weight is 180 g/mol. The fraction of sp³-hybridized carbons (Fsp3) is 0.222. The third-order valence-electron chi connectivity index (χ3n) is 1.60. The molecule has 1 rings (SSSR count). The van der Waals surface area contributed by atoms with Gasteiger partial charge in [-0.1, -0.05) is 12.1 Å². The molecule has 0 atom stereocenters. The summed E-state index contributed by atoms with van der Waals surface area (Å²) in [4.78, 5) is 10.5. The summed E-state index contributed by atoms with van der Waals surface area (Å²) in [5, 5.41) is 0. The van der Waals surface area contributed by atoms with Gasteiger partial charge in [0.15, 0.2) is 6.61 Å². The Bertz CT molecular complexity index is 303. The summed E-state index contributed by atoms with van der Waals surface area (Å²) in [5.41, 5.74) is 12.0. The molecule has 4 N–H and O–H groups in total. The van der Waals surface area contributed by atoms with Crippen molar-refractivity contribution in [3.05, 3.63) is 23.8 Å². The Balaban J connectivity index is 2.81. The first-order valence-corrected chi connectivity index (χ1v) is 3.87. The molecule has 0 saturated carbocycles. The first-order valence-electron chi connectivity index (χ1n) is 3.87. The third-order valence-corrected chi connectivity index (χ3v) is 1.60. The predicted octanol–water partition coefficient (Wildman–Crippen LogP) is 0.441. The number of ether oxygens (including phenoxy) is 1. The van der Waals surface area contributed by atoms with E-state index in [0.29, 0.717) is 11.4 Å². The minimum absolute atomic E-state index is 0.144. The van der Waals surface area contributed by atoms with Crippen molar-refractivity contribution in [3.8, 4) is 5.75 Å². The quantitative estimate of drug-likeness (QED) is 0.662. The van der Waals surface area contributed by atoms with Crippen LogP contribution < -0.4 is 16.2 Å². The van der Waals surface area contributed by atoms with Crippen LogP contribution in [-0.4, -0.2) is 12.5 Å². The van der Waals surface area contributed by atoms with Crippen molar-refractivity contribution in [2.24, 2.45) is 5.73 Å². The molecular formula is C9H12N2O2. The molecule has 0 aliphatic carbocycles. The second-order valence-electron chi connectivity index (χ2n) is 2.75. The highest BCUT2D eigenvalue weighted by atomic mass is 16.5. The minimum atomic E-state index is -0.511. The van der Waals surface area contributed by atoms with Crippen LogP contribution in [0.1, 0.15) is 5.56 Å². The summed E-state index contributed by atoms with van der Waals surface area (Å²) in [7, 11) is 0. The first kappa shape index (κ1) is 9.38. The lowest BCUT2D eigenvalue weighted by Gasteiger charge is -2.09. The zero-order valence-corrected chi connectivity index (χ0v) is 7.41. The zero-order chi connectivity index (χ0) is 9.84. The van der Waals surface area contributed by atoms with Gasteiger partial charge in [0.25, 0.3) is 5.91 Å². The van der Waals surface area contributed by atoms with Crippen molar-refractivity contribution in [3.63, 3.8) is 0 Å². The second-order valence-corrected chi connectivity index (χ2v) is 2.75. The van der Waals surface area contributed by atoms with E-state index in [4.69, 9.17) is 16.2 Å². The van der Waals surface area contributed by atoms with Crippen molar-refractivity contribution in [1.82, 2.24) is 0 Å². The van der Waals surface area contributed by atoms with Crippen molar-refractivity contribution >= 4 is 11.6 Å². The van der Waals surface area contributed by atoms with Crippen LogP contribution in [0.25, 0.3) is 0 Å². The average Bonchev–Trinajstić information content (AvgIpc) is 2.03. The highest BCUT2D eigenvalue weighted by Gasteiger charge is 2.04. The highest BCUT2D eigenvalue weighted by molar-refractivity contribution is 5.75. The maximum atomic E-state index is 10.5. The number of hydrogen-bond donors (Lipinski definition) is 2. The van der Waals surface area contributed by atoms with Crippen LogP contribution in [0.4, 0.5) is 5.69 Å². The molecule has 13 heavy (non-hydrogen) atoms. The van der Waals surface area contributed by atoms with Crippen molar-refractivity contribution in [2.75, 3.05) is 12.3 Å². The van der Waals surface area contributed by atoms with Crippen LogP contribution in [0, 0.1) is 6.92 Å². The third kappa shape index (κ3) is 2.37. The molecule has 0 spiro atoms. The summed E-state index contributed by atoms with van der Waals surface area (Å²) in [5.74, 6) is 0.0175. The lowest BCUT2D eigenvalue weighted by atomic mass is 10.2. The van der Waals surface area contributed by atoms with Gasteiger partial charge >= 0.3 is 0 Å². The summed E-state index contributed by atoms with van der Waals surface area (Å²) >= 11 is 0. The molecule has 0 aliphatic rings. The number of para-hydroxylation sites is 1.